The molecule has 1 nitrogen and oxygen atoms in total. The first kappa shape index (κ1) is 10.4. The molecule has 0 fully saturated rings. The molecule has 0 atom stereocenters. The van der Waals surface area contributed by atoms with E-state index in [1.54, 1.807) is 12.1 Å². The first-order chi connectivity index (χ1) is 5.99. The summed E-state index contributed by atoms with van der Waals surface area (Å²) in [5, 5.41) is 0. The maximum atomic E-state index is 13.1. The highest BCUT2D eigenvalue weighted by molar-refractivity contribution is 6.69. The van der Waals surface area contributed by atoms with Crippen molar-refractivity contribution in [3.05, 3.63) is 35.6 Å². The molecule has 1 rings (SSSR count). The van der Waals surface area contributed by atoms with Gasteiger partial charge >= 0.3 is 0 Å². The van der Waals surface area contributed by atoms with Gasteiger partial charge in [-0.2, -0.15) is 0 Å². The molecule has 0 radical (unpaired) electrons. The van der Waals surface area contributed by atoms with E-state index in [0.717, 1.165) is 0 Å². The molecule has 0 saturated carbocycles. The molecule has 0 aliphatic heterocycles. The highest BCUT2D eigenvalue weighted by Gasteiger charge is 2.14. The van der Waals surface area contributed by atoms with Gasteiger partial charge in [-0.1, -0.05) is 18.2 Å². The molecule has 0 N–H and O–H groups in total. The first-order valence-corrected chi connectivity index (χ1v) is 7.77. The van der Waals surface area contributed by atoms with Gasteiger partial charge in [-0.15, -0.1) is 0 Å². The minimum absolute atomic E-state index is 0.180. The van der Waals surface area contributed by atoms with Crippen LogP contribution in [0.3, 0.4) is 0 Å². The van der Waals surface area contributed by atoms with Crippen LogP contribution in [0.1, 0.15) is 5.56 Å². The Labute approximate surface area is 79.7 Å². The molecule has 0 amide bonds. The third-order valence-corrected chi connectivity index (χ3v) is 2.63. The van der Waals surface area contributed by atoms with Crippen LogP contribution in [0.25, 0.3) is 0 Å². The molecule has 0 heterocycles. The normalized spacial score (nSPS) is 11.7. The number of hydrogen-bond donors (Lipinski definition) is 0. The number of hydrogen-bond acceptors (Lipinski definition) is 1. The lowest BCUT2D eigenvalue weighted by Crippen LogP contribution is -2.25. The third-order valence-electron chi connectivity index (χ3n) is 1.62. The van der Waals surface area contributed by atoms with E-state index in [-0.39, 0.29) is 5.82 Å². The summed E-state index contributed by atoms with van der Waals surface area (Å²) < 4.78 is 18.7. The smallest absolute Gasteiger partial charge is 0.184 e. The highest BCUT2D eigenvalue weighted by Crippen LogP contribution is 2.11. The van der Waals surface area contributed by atoms with E-state index in [9.17, 15) is 4.39 Å². The van der Waals surface area contributed by atoms with Gasteiger partial charge in [0.25, 0.3) is 0 Å². The fraction of sp³-hybridized carbons (Fsp3) is 0.400. The van der Waals surface area contributed by atoms with Crippen molar-refractivity contribution in [3.8, 4) is 0 Å². The highest BCUT2D eigenvalue weighted by atomic mass is 28.4. The molecule has 0 aliphatic rings. The van der Waals surface area contributed by atoms with Crippen molar-refractivity contribution >= 4 is 8.32 Å². The van der Waals surface area contributed by atoms with Crippen LogP contribution in [0.4, 0.5) is 4.39 Å². The summed E-state index contributed by atoms with van der Waals surface area (Å²) in [5.41, 5.74) is 0.643. The van der Waals surface area contributed by atoms with Crippen LogP contribution in [0.5, 0.6) is 0 Å². The van der Waals surface area contributed by atoms with Crippen molar-refractivity contribution < 1.29 is 8.82 Å². The van der Waals surface area contributed by atoms with Crippen LogP contribution in [0.2, 0.25) is 19.6 Å². The van der Waals surface area contributed by atoms with E-state index in [1.807, 2.05) is 6.07 Å². The molecule has 1 aromatic carbocycles. The minimum atomic E-state index is -1.53. The van der Waals surface area contributed by atoms with Crippen molar-refractivity contribution in [2.75, 3.05) is 0 Å². The number of benzene rings is 1. The second-order valence-electron chi connectivity index (χ2n) is 3.99. The molecule has 0 aromatic heterocycles. The quantitative estimate of drug-likeness (QED) is 0.678. The molecule has 1 aromatic rings. The predicted molar refractivity (Wildman–Crippen MR) is 54.5 cm³/mol. The van der Waals surface area contributed by atoms with Crippen LogP contribution in [-0.2, 0) is 11.0 Å². The fourth-order valence-corrected chi connectivity index (χ4v) is 1.50. The molecule has 0 aliphatic carbocycles. The Kier molecular flexibility index (Phi) is 3.22. The van der Waals surface area contributed by atoms with Gasteiger partial charge in [0.2, 0.25) is 0 Å². The zero-order valence-electron chi connectivity index (χ0n) is 8.30. The number of halogens is 1. The van der Waals surface area contributed by atoms with E-state index in [1.165, 1.54) is 6.07 Å². The van der Waals surface area contributed by atoms with Gasteiger partial charge in [0.1, 0.15) is 5.82 Å². The zero-order valence-corrected chi connectivity index (χ0v) is 9.30. The average Bonchev–Trinajstić information content (AvgIpc) is 2.01. The second kappa shape index (κ2) is 4.02. The Morgan fingerprint density at radius 3 is 2.38 bits per heavy atom. The van der Waals surface area contributed by atoms with Crippen LogP contribution >= 0.6 is 0 Å². The van der Waals surface area contributed by atoms with Gasteiger partial charge in [-0.05, 0) is 25.7 Å². The summed E-state index contributed by atoms with van der Waals surface area (Å²) in [6.07, 6.45) is 0. The largest absolute Gasteiger partial charge is 0.413 e. The lowest BCUT2D eigenvalue weighted by atomic mass is 10.2. The zero-order chi connectivity index (χ0) is 9.90. The molecule has 0 unspecified atom stereocenters. The minimum Gasteiger partial charge on any atom is -0.413 e. The molecular formula is C10H15FOSi. The topological polar surface area (TPSA) is 9.23 Å². The van der Waals surface area contributed by atoms with Crippen LogP contribution in [0, 0.1) is 5.82 Å². The summed E-state index contributed by atoms with van der Waals surface area (Å²) >= 11 is 0. The van der Waals surface area contributed by atoms with E-state index < -0.39 is 8.32 Å². The van der Waals surface area contributed by atoms with Crippen molar-refractivity contribution in [1.29, 1.82) is 0 Å². The van der Waals surface area contributed by atoms with Crippen LogP contribution < -0.4 is 0 Å². The van der Waals surface area contributed by atoms with Crippen molar-refractivity contribution in [2.45, 2.75) is 26.2 Å². The van der Waals surface area contributed by atoms with Gasteiger partial charge in [-0.3, -0.25) is 0 Å². The Bertz CT molecular complexity index is 280. The molecule has 72 valence electrons. The van der Waals surface area contributed by atoms with Crippen LogP contribution in [-0.4, -0.2) is 8.32 Å². The van der Waals surface area contributed by atoms with Gasteiger partial charge in [-0.25, -0.2) is 4.39 Å². The molecule has 0 spiro atoms. The van der Waals surface area contributed by atoms with E-state index in [4.69, 9.17) is 4.43 Å². The van der Waals surface area contributed by atoms with Crippen LogP contribution in [0.15, 0.2) is 24.3 Å². The summed E-state index contributed by atoms with van der Waals surface area (Å²) in [5.74, 6) is -0.180. The molecule has 13 heavy (non-hydrogen) atoms. The Morgan fingerprint density at radius 1 is 1.23 bits per heavy atom. The standard InChI is InChI=1S/C10H15FOSi/c1-13(2,3)12-8-9-6-4-5-7-10(9)11/h4-7H,8H2,1-3H3. The van der Waals surface area contributed by atoms with Gasteiger partial charge in [0, 0.05) is 5.56 Å². The van der Waals surface area contributed by atoms with E-state index >= 15 is 0 Å². The summed E-state index contributed by atoms with van der Waals surface area (Å²) in [6, 6.07) is 6.73. The van der Waals surface area contributed by atoms with Crippen molar-refractivity contribution in [1.82, 2.24) is 0 Å². The van der Waals surface area contributed by atoms with Crippen molar-refractivity contribution in [3.63, 3.8) is 0 Å². The Hall–Kier alpha value is -0.673. The Morgan fingerprint density at radius 2 is 1.85 bits per heavy atom. The first-order valence-electron chi connectivity index (χ1n) is 4.36. The van der Waals surface area contributed by atoms with Gasteiger partial charge < -0.3 is 4.43 Å². The summed E-state index contributed by atoms with van der Waals surface area (Å²) in [7, 11) is -1.53. The summed E-state index contributed by atoms with van der Waals surface area (Å²) in [6.45, 7) is 6.66. The predicted octanol–water partition coefficient (Wildman–Crippen LogP) is 3.18. The molecule has 0 saturated heterocycles. The SMILES string of the molecule is C[Si](C)(C)OCc1ccccc1F. The van der Waals surface area contributed by atoms with E-state index in [2.05, 4.69) is 19.6 Å². The molecule has 0 bridgehead atoms. The summed E-state index contributed by atoms with van der Waals surface area (Å²) in [4.78, 5) is 0. The monoisotopic (exact) mass is 198 g/mol. The van der Waals surface area contributed by atoms with E-state index in [0.29, 0.717) is 12.2 Å². The number of rotatable bonds is 3. The third kappa shape index (κ3) is 3.70. The fourth-order valence-electron chi connectivity index (χ4n) is 0.910. The van der Waals surface area contributed by atoms with Gasteiger partial charge in [0.15, 0.2) is 8.32 Å². The molecular weight excluding hydrogens is 183 g/mol. The lowest BCUT2D eigenvalue weighted by molar-refractivity contribution is 0.293. The average molecular weight is 198 g/mol. The second-order valence-corrected chi connectivity index (χ2v) is 8.51. The maximum absolute atomic E-state index is 13.1. The lowest BCUT2D eigenvalue weighted by Gasteiger charge is -2.17. The van der Waals surface area contributed by atoms with Gasteiger partial charge in [0.05, 0.1) is 6.61 Å². The maximum Gasteiger partial charge on any atom is 0.184 e. The molecule has 3 heteroatoms. The Balaban J connectivity index is 2.60. The van der Waals surface area contributed by atoms with Crippen molar-refractivity contribution in [2.24, 2.45) is 0 Å².